The van der Waals surface area contributed by atoms with Crippen molar-refractivity contribution in [3.63, 3.8) is 0 Å². The molecule has 0 fully saturated rings. The zero-order chi connectivity index (χ0) is 19.2. The van der Waals surface area contributed by atoms with Crippen LogP contribution in [0.1, 0.15) is 21.7 Å². The Morgan fingerprint density at radius 3 is 2.78 bits per heavy atom. The largest absolute Gasteiger partial charge is 0.496 e. The van der Waals surface area contributed by atoms with Gasteiger partial charge in [-0.1, -0.05) is 24.3 Å². The SMILES string of the molecule is COc1ccccc1CN(C)C(=O)c1cc(COc2cccc(F)c2)[nH]n1. The summed E-state index contributed by atoms with van der Waals surface area (Å²) in [6, 6.07) is 15.0. The first kappa shape index (κ1) is 18.4. The molecule has 0 unspecified atom stereocenters. The average molecular weight is 369 g/mol. The molecule has 6 nitrogen and oxygen atoms in total. The minimum atomic E-state index is -0.369. The van der Waals surface area contributed by atoms with E-state index in [-0.39, 0.29) is 24.0 Å². The van der Waals surface area contributed by atoms with Crippen LogP contribution in [-0.2, 0) is 13.2 Å². The van der Waals surface area contributed by atoms with Crippen molar-refractivity contribution in [1.29, 1.82) is 0 Å². The molecule has 7 heteroatoms. The van der Waals surface area contributed by atoms with Crippen LogP contribution in [0.4, 0.5) is 4.39 Å². The van der Waals surface area contributed by atoms with Gasteiger partial charge in [0.1, 0.15) is 23.9 Å². The van der Waals surface area contributed by atoms with Crippen LogP contribution in [0.2, 0.25) is 0 Å². The topological polar surface area (TPSA) is 67.4 Å². The monoisotopic (exact) mass is 369 g/mol. The summed E-state index contributed by atoms with van der Waals surface area (Å²) in [7, 11) is 3.30. The van der Waals surface area contributed by atoms with E-state index in [0.717, 1.165) is 11.3 Å². The van der Waals surface area contributed by atoms with Gasteiger partial charge in [0.15, 0.2) is 5.69 Å². The summed E-state index contributed by atoms with van der Waals surface area (Å²) >= 11 is 0. The van der Waals surface area contributed by atoms with Gasteiger partial charge < -0.3 is 14.4 Å². The minimum Gasteiger partial charge on any atom is -0.496 e. The van der Waals surface area contributed by atoms with Crippen molar-refractivity contribution in [2.45, 2.75) is 13.2 Å². The molecule has 0 atom stereocenters. The molecular weight excluding hydrogens is 349 g/mol. The highest BCUT2D eigenvalue weighted by Crippen LogP contribution is 2.19. The lowest BCUT2D eigenvalue weighted by molar-refractivity contribution is 0.0778. The molecule has 0 bridgehead atoms. The zero-order valence-corrected chi connectivity index (χ0v) is 15.1. The summed E-state index contributed by atoms with van der Waals surface area (Å²) < 4.78 is 24.0. The maximum Gasteiger partial charge on any atom is 0.274 e. The molecular formula is C20H20FN3O3. The highest BCUT2D eigenvalue weighted by molar-refractivity contribution is 5.92. The van der Waals surface area contributed by atoms with Crippen molar-refractivity contribution < 1.29 is 18.7 Å². The van der Waals surface area contributed by atoms with Gasteiger partial charge in [-0.05, 0) is 24.3 Å². The Balaban J connectivity index is 1.62. The maximum absolute atomic E-state index is 13.2. The molecule has 0 aliphatic heterocycles. The van der Waals surface area contributed by atoms with E-state index in [4.69, 9.17) is 9.47 Å². The number of hydrogen-bond donors (Lipinski definition) is 1. The summed E-state index contributed by atoms with van der Waals surface area (Å²) in [6.07, 6.45) is 0. The van der Waals surface area contributed by atoms with E-state index in [1.807, 2.05) is 24.3 Å². The Bertz CT molecular complexity index is 926. The molecule has 27 heavy (non-hydrogen) atoms. The maximum atomic E-state index is 13.2. The number of amides is 1. The normalized spacial score (nSPS) is 10.5. The van der Waals surface area contributed by atoms with Gasteiger partial charge in [0, 0.05) is 25.2 Å². The number of nitrogens with one attached hydrogen (secondary N) is 1. The van der Waals surface area contributed by atoms with Crippen LogP contribution < -0.4 is 9.47 Å². The van der Waals surface area contributed by atoms with Crippen LogP contribution in [0, 0.1) is 5.82 Å². The average Bonchev–Trinajstić information content (AvgIpc) is 3.15. The first-order valence-corrected chi connectivity index (χ1v) is 8.37. The molecule has 0 saturated carbocycles. The van der Waals surface area contributed by atoms with E-state index in [1.54, 1.807) is 37.3 Å². The Labute approximate surface area is 156 Å². The lowest BCUT2D eigenvalue weighted by atomic mass is 10.2. The van der Waals surface area contributed by atoms with Gasteiger partial charge in [-0.15, -0.1) is 0 Å². The molecule has 140 valence electrons. The second-order valence-electron chi connectivity index (χ2n) is 6.00. The summed E-state index contributed by atoms with van der Waals surface area (Å²) in [4.78, 5) is 14.2. The van der Waals surface area contributed by atoms with Gasteiger partial charge in [0.25, 0.3) is 5.91 Å². The molecule has 1 N–H and O–H groups in total. The van der Waals surface area contributed by atoms with E-state index in [1.165, 1.54) is 12.1 Å². The fraction of sp³-hybridized carbons (Fsp3) is 0.200. The third-order valence-electron chi connectivity index (χ3n) is 3.99. The van der Waals surface area contributed by atoms with Gasteiger partial charge in [0.2, 0.25) is 0 Å². The molecule has 1 amide bonds. The Hall–Kier alpha value is -3.35. The summed E-state index contributed by atoms with van der Waals surface area (Å²) in [5.74, 6) is 0.536. The lowest BCUT2D eigenvalue weighted by Crippen LogP contribution is -2.26. The van der Waals surface area contributed by atoms with Gasteiger partial charge in [0.05, 0.1) is 12.8 Å². The van der Waals surface area contributed by atoms with Crippen LogP contribution in [0.15, 0.2) is 54.6 Å². The van der Waals surface area contributed by atoms with Crippen molar-refractivity contribution >= 4 is 5.91 Å². The molecule has 1 aromatic heterocycles. The van der Waals surface area contributed by atoms with Gasteiger partial charge in [-0.3, -0.25) is 9.89 Å². The third kappa shape index (κ3) is 4.63. The zero-order valence-electron chi connectivity index (χ0n) is 15.1. The Kier molecular flexibility index (Phi) is 5.71. The minimum absolute atomic E-state index is 0.153. The van der Waals surface area contributed by atoms with Crippen LogP contribution in [0.3, 0.4) is 0 Å². The van der Waals surface area contributed by atoms with E-state index in [9.17, 15) is 9.18 Å². The first-order valence-electron chi connectivity index (χ1n) is 8.37. The number of carbonyl (C=O) groups is 1. The number of hydrogen-bond acceptors (Lipinski definition) is 4. The highest BCUT2D eigenvalue weighted by atomic mass is 19.1. The molecule has 0 radical (unpaired) electrons. The number of rotatable bonds is 7. The number of nitrogens with zero attached hydrogens (tertiary/aromatic N) is 2. The standard InChI is InChI=1S/C20H20FN3O3/c1-24(12-14-6-3-4-9-19(14)26-2)20(25)18-11-16(22-23-18)13-27-17-8-5-7-15(21)10-17/h3-11H,12-13H2,1-2H3,(H,22,23). The molecule has 3 rings (SSSR count). The van der Waals surface area contributed by atoms with E-state index < -0.39 is 0 Å². The smallest absolute Gasteiger partial charge is 0.274 e. The van der Waals surface area contributed by atoms with Crippen LogP contribution >= 0.6 is 0 Å². The molecule has 0 spiro atoms. The highest BCUT2D eigenvalue weighted by Gasteiger charge is 2.17. The fourth-order valence-corrected chi connectivity index (χ4v) is 2.62. The van der Waals surface area contributed by atoms with Crippen LogP contribution in [0.5, 0.6) is 11.5 Å². The van der Waals surface area contributed by atoms with Gasteiger partial charge in [-0.25, -0.2) is 4.39 Å². The molecule has 0 aliphatic rings. The predicted molar refractivity (Wildman–Crippen MR) is 98.1 cm³/mol. The number of halogens is 1. The number of carbonyl (C=O) groups excluding carboxylic acids is 1. The van der Waals surface area contributed by atoms with Crippen molar-refractivity contribution in [2.24, 2.45) is 0 Å². The number of benzene rings is 2. The second kappa shape index (κ2) is 8.35. The van der Waals surface area contributed by atoms with Crippen molar-refractivity contribution in [2.75, 3.05) is 14.2 Å². The quantitative estimate of drug-likeness (QED) is 0.693. The number of H-pyrrole nitrogens is 1. The molecule has 3 aromatic rings. The van der Waals surface area contributed by atoms with Crippen LogP contribution in [-0.4, -0.2) is 35.2 Å². The number of aromatic nitrogens is 2. The Morgan fingerprint density at radius 2 is 2.00 bits per heavy atom. The second-order valence-corrected chi connectivity index (χ2v) is 6.00. The van der Waals surface area contributed by atoms with E-state index >= 15 is 0 Å². The first-order chi connectivity index (χ1) is 13.1. The Morgan fingerprint density at radius 1 is 1.19 bits per heavy atom. The molecule has 1 heterocycles. The number of para-hydroxylation sites is 1. The fourth-order valence-electron chi connectivity index (χ4n) is 2.62. The predicted octanol–water partition coefficient (Wildman–Crippen LogP) is 3.41. The van der Waals surface area contributed by atoms with Gasteiger partial charge in [-0.2, -0.15) is 5.10 Å². The number of ether oxygens (including phenoxy) is 2. The van der Waals surface area contributed by atoms with E-state index in [2.05, 4.69) is 10.2 Å². The summed E-state index contributed by atoms with van der Waals surface area (Å²) in [5.41, 5.74) is 1.81. The molecule has 0 aliphatic carbocycles. The van der Waals surface area contributed by atoms with Crippen molar-refractivity contribution in [3.05, 3.63) is 77.4 Å². The van der Waals surface area contributed by atoms with Crippen molar-refractivity contribution in [1.82, 2.24) is 15.1 Å². The number of methoxy groups -OCH3 is 1. The summed E-state index contributed by atoms with van der Waals surface area (Å²) in [6.45, 7) is 0.546. The van der Waals surface area contributed by atoms with Crippen LogP contribution in [0.25, 0.3) is 0 Å². The van der Waals surface area contributed by atoms with Gasteiger partial charge >= 0.3 is 0 Å². The third-order valence-corrected chi connectivity index (χ3v) is 3.99. The summed E-state index contributed by atoms with van der Waals surface area (Å²) in [5, 5.41) is 6.82. The van der Waals surface area contributed by atoms with Crippen molar-refractivity contribution in [3.8, 4) is 11.5 Å². The lowest BCUT2D eigenvalue weighted by Gasteiger charge is -2.17. The molecule has 2 aromatic carbocycles. The molecule has 0 saturated heterocycles. The number of aromatic amines is 1. The van der Waals surface area contributed by atoms with E-state index in [0.29, 0.717) is 18.0 Å².